The van der Waals surface area contributed by atoms with Crippen LogP contribution in [0.15, 0.2) is 65.0 Å². The van der Waals surface area contributed by atoms with Crippen LogP contribution in [0.1, 0.15) is 32.4 Å². The number of anilines is 2. The Balaban J connectivity index is 1.81. The van der Waals surface area contributed by atoms with Crippen LogP contribution in [0.25, 0.3) is 0 Å². The number of allylic oxidation sites excluding steroid dienone is 1. The summed E-state index contributed by atoms with van der Waals surface area (Å²) in [7, 11) is 1.61. The van der Waals surface area contributed by atoms with Crippen LogP contribution >= 0.6 is 11.8 Å². The number of fused-ring (bicyclic) bond motifs is 1. The predicted octanol–water partition coefficient (Wildman–Crippen LogP) is 4.73. The summed E-state index contributed by atoms with van der Waals surface area (Å²) in [6.45, 7) is 6.34. The molecule has 3 aromatic rings. The van der Waals surface area contributed by atoms with E-state index in [-0.39, 0.29) is 5.91 Å². The summed E-state index contributed by atoms with van der Waals surface area (Å²) in [6, 6.07) is 14.6. The van der Waals surface area contributed by atoms with Crippen molar-refractivity contribution < 1.29 is 14.3 Å². The molecule has 0 radical (unpaired) electrons. The summed E-state index contributed by atoms with van der Waals surface area (Å²) in [6.07, 6.45) is 0. The van der Waals surface area contributed by atoms with Crippen molar-refractivity contribution in [3.8, 4) is 11.5 Å². The Morgan fingerprint density at radius 1 is 1.18 bits per heavy atom. The number of hydrogen-bond donors (Lipinski definition) is 2. The van der Waals surface area contributed by atoms with E-state index in [0.717, 1.165) is 22.7 Å². The average molecular weight is 466 g/mol. The van der Waals surface area contributed by atoms with E-state index in [1.807, 2.05) is 62.4 Å². The highest BCUT2D eigenvalue weighted by molar-refractivity contribution is 7.99. The van der Waals surface area contributed by atoms with Crippen LogP contribution in [0.5, 0.6) is 11.5 Å². The minimum atomic E-state index is -0.492. The van der Waals surface area contributed by atoms with Crippen LogP contribution in [0.2, 0.25) is 0 Å². The van der Waals surface area contributed by atoms with Gasteiger partial charge in [0.15, 0.2) is 11.5 Å². The fourth-order valence-electron chi connectivity index (χ4n) is 3.78. The minimum absolute atomic E-state index is 0.212. The molecule has 4 rings (SSSR count). The number of rotatable bonds is 8. The number of nitrogens with one attached hydrogen (secondary N) is 2. The number of aromatic nitrogens is 3. The number of hydrogen-bond acceptors (Lipinski definition) is 7. The molecule has 0 bridgehead atoms. The van der Waals surface area contributed by atoms with Crippen molar-refractivity contribution in [2.24, 2.45) is 0 Å². The molecule has 1 aliphatic heterocycles. The third-order valence-corrected chi connectivity index (χ3v) is 5.91. The van der Waals surface area contributed by atoms with Crippen LogP contribution in [0, 0.1) is 0 Å². The zero-order valence-electron chi connectivity index (χ0n) is 19.1. The van der Waals surface area contributed by atoms with Crippen molar-refractivity contribution in [1.29, 1.82) is 0 Å². The van der Waals surface area contributed by atoms with Crippen molar-refractivity contribution in [3.63, 3.8) is 0 Å². The van der Waals surface area contributed by atoms with Crippen molar-refractivity contribution >= 4 is 29.3 Å². The average Bonchev–Trinajstić information content (AvgIpc) is 3.21. The molecule has 0 fully saturated rings. The largest absolute Gasteiger partial charge is 0.493 e. The molecular weight excluding hydrogens is 438 g/mol. The zero-order valence-corrected chi connectivity index (χ0v) is 19.9. The lowest BCUT2D eigenvalue weighted by atomic mass is 9.94. The number of para-hydroxylation sites is 1. The van der Waals surface area contributed by atoms with Crippen molar-refractivity contribution in [3.05, 3.63) is 65.4 Å². The monoisotopic (exact) mass is 465 g/mol. The topological polar surface area (TPSA) is 90.3 Å². The highest BCUT2D eigenvalue weighted by Crippen LogP contribution is 2.39. The van der Waals surface area contributed by atoms with Gasteiger partial charge in [-0.3, -0.25) is 4.79 Å². The van der Waals surface area contributed by atoms with E-state index in [9.17, 15) is 4.79 Å². The molecule has 8 nitrogen and oxygen atoms in total. The maximum atomic E-state index is 13.5. The van der Waals surface area contributed by atoms with E-state index in [2.05, 4.69) is 22.5 Å². The number of ether oxygens (including phenoxy) is 2. The van der Waals surface area contributed by atoms with Gasteiger partial charge in [-0.05, 0) is 49.4 Å². The first kappa shape index (κ1) is 22.7. The molecule has 2 N–H and O–H groups in total. The second-order valence-electron chi connectivity index (χ2n) is 7.33. The molecule has 1 amide bonds. The number of nitrogens with zero attached hydrogens (tertiary/aromatic N) is 3. The van der Waals surface area contributed by atoms with Crippen molar-refractivity contribution in [2.75, 3.05) is 30.1 Å². The molecule has 0 aliphatic carbocycles. The third-order valence-electron chi connectivity index (χ3n) is 5.19. The van der Waals surface area contributed by atoms with Crippen LogP contribution < -0.4 is 20.1 Å². The molecule has 1 atom stereocenters. The van der Waals surface area contributed by atoms with E-state index in [1.165, 1.54) is 0 Å². The highest BCUT2D eigenvalue weighted by atomic mass is 32.2. The van der Waals surface area contributed by atoms with Gasteiger partial charge in [-0.2, -0.15) is 4.98 Å². The summed E-state index contributed by atoms with van der Waals surface area (Å²) in [5.41, 5.74) is 2.84. The van der Waals surface area contributed by atoms with Gasteiger partial charge >= 0.3 is 0 Å². The molecule has 1 aliphatic rings. The molecule has 1 unspecified atom stereocenters. The summed E-state index contributed by atoms with van der Waals surface area (Å²) in [5, 5.41) is 11.6. The first-order valence-electron chi connectivity index (χ1n) is 10.8. The molecule has 2 heterocycles. The lowest BCUT2D eigenvalue weighted by Gasteiger charge is -2.29. The first-order chi connectivity index (χ1) is 16.0. The smallest absolute Gasteiger partial charge is 0.255 e. The third kappa shape index (κ3) is 4.68. The molecular formula is C24H27N5O3S. The second-order valence-corrected chi connectivity index (χ2v) is 8.56. The molecule has 2 aromatic carbocycles. The van der Waals surface area contributed by atoms with Crippen LogP contribution in [0.3, 0.4) is 0 Å². The van der Waals surface area contributed by atoms with E-state index in [1.54, 1.807) is 23.6 Å². The maximum Gasteiger partial charge on any atom is 0.255 e. The lowest BCUT2D eigenvalue weighted by Crippen LogP contribution is -2.31. The molecule has 172 valence electrons. The molecule has 1 aromatic heterocycles. The summed E-state index contributed by atoms with van der Waals surface area (Å²) in [4.78, 5) is 18.1. The zero-order chi connectivity index (χ0) is 23.4. The van der Waals surface area contributed by atoms with Crippen LogP contribution in [-0.4, -0.2) is 40.1 Å². The Bertz CT molecular complexity index is 1180. The molecule has 0 spiro atoms. The molecule has 0 saturated carbocycles. The van der Waals surface area contributed by atoms with E-state index < -0.39 is 6.04 Å². The fourth-order valence-corrected chi connectivity index (χ4v) is 4.33. The van der Waals surface area contributed by atoms with Crippen LogP contribution in [-0.2, 0) is 4.79 Å². The number of carbonyl (C=O) groups is 1. The van der Waals surface area contributed by atoms with Gasteiger partial charge in [-0.15, -0.1) is 5.10 Å². The molecule has 33 heavy (non-hydrogen) atoms. The van der Waals surface area contributed by atoms with Gasteiger partial charge < -0.3 is 20.1 Å². The number of benzene rings is 2. The Morgan fingerprint density at radius 2 is 1.97 bits per heavy atom. The number of thioether (sulfide) groups is 1. The first-order valence-corrected chi connectivity index (χ1v) is 11.8. The predicted molar refractivity (Wildman–Crippen MR) is 130 cm³/mol. The normalized spacial score (nSPS) is 15.0. The number of amides is 1. The van der Waals surface area contributed by atoms with Gasteiger partial charge in [-0.1, -0.05) is 43.0 Å². The quantitative estimate of drug-likeness (QED) is 0.465. The Labute approximate surface area is 197 Å². The number of methoxy groups -OCH3 is 1. The minimum Gasteiger partial charge on any atom is -0.493 e. The molecule has 9 heteroatoms. The SMILES string of the molecule is CCOc1cc(C2C(C(=O)Nc3ccccc3)=C(C)Nc3nc(SCC)nn32)ccc1OC. The lowest BCUT2D eigenvalue weighted by molar-refractivity contribution is -0.113. The van der Waals surface area contributed by atoms with E-state index >= 15 is 0 Å². The Morgan fingerprint density at radius 3 is 2.67 bits per heavy atom. The summed E-state index contributed by atoms with van der Waals surface area (Å²) in [5.74, 6) is 2.47. The Kier molecular flexibility index (Phi) is 6.88. The van der Waals surface area contributed by atoms with Gasteiger partial charge in [0.05, 0.1) is 19.3 Å². The van der Waals surface area contributed by atoms with Gasteiger partial charge in [0.1, 0.15) is 6.04 Å². The second kappa shape index (κ2) is 9.99. The van der Waals surface area contributed by atoms with Crippen molar-refractivity contribution in [1.82, 2.24) is 14.8 Å². The Hall–Kier alpha value is -3.46. The van der Waals surface area contributed by atoms with E-state index in [0.29, 0.717) is 34.8 Å². The summed E-state index contributed by atoms with van der Waals surface area (Å²) >= 11 is 1.55. The van der Waals surface area contributed by atoms with Gasteiger partial charge in [0.2, 0.25) is 11.1 Å². The van der Waals surface area contributed by atoms with Crippen molar-refractivity contribution in [2.45, 2.75) is 32.0 Å². The van der Waals surface area contributed by atoms with Gasteiger partial charge in [0, 0.05) is 11.4 Å². The highest BCUT2D eigenvalue weighted by Gasteiger charge is 2.35. The van der Waals surface area contributed by atoms with Crippen LogP contribution in [0.4, 0.5) is 11.6 Å². The van der Waals surface area contributed by atoms with Gasteiger partial charge in [0.25, 0.3) is 5.91 Å². The van der Waals surface area contributed by atoms with Gasteiger partial charge in [-0.25, -0.2) is 4.68 Å². The molecule has 0 saturated heterocycles. The maximum absolute atomic E-state index is 13.5. The summed E-state index contributed by atoms with van der Waals surface area (Å²) < 4.78 is 13.0. The van der Waals surface area contributed by atoms with E-state index in [4.69, 9.17) is 14.6 Å². The number of carbonyl (C=O) groups excluding carboxylic acids is 1. The fraction of sp³-hybridized carbons (Fsp3) is 0.292. The standard InChI is InChI=1S/C24H27N5O3S/c1-5-32-19-14-16(12-13-18(19)31-4)21-20(22(30)26-17-10-8-7-9-11-17)15(3)25-23-27-24(33-6-2)28-29(21)23/h7-14,21H,5-6H2,1-4H3,(H,26,30)(H,25,27,28).